The van der Waals surface area contributed by atoms with Gasteiger partial charge in [-0.15, -0.1) is 0 Å². The predicted octanol–water partition coefficient (Wildman–Crippen LogP) is 2.25. The number of carbonyl (C=O) groups excluding carboxylic acids is 2. The highest BCUT2D eigenvalue weighted by atomic mass is 28.4. The van der Waals surface area contributed by atoms with E-state index < -0.39 is 16.6 Å². The van der Waals surface area contributed by atoms with Crippen molar-refractivity contribution in [1.29, 1.82) is 0 Å². The van der Waals surface area contributed by atoms with Gasteiger partial charge in [-0.3, -0.25) is 9.59 Å². The zero-order valence-corrected chi connectivity index (χ0v) is 13.5. The van der Waals surface area contributed by atoms with E-state index in [2.05, 4.69) is 0 Å². The zero-order chi connectivity index (χ0) is 13.7. The SMILES string of the molecule is C.CC(=O)OC[Si](C)(C)O[Si](C)(C)COC(C)=O. The smallest absolute Gasteiger partial charge is 0.302 e. The molecule has 0 aliphatic heterocycles. The van der Waals surface area contributed by atoms with E-state index in [1.54, 1.807) is 0 Å². The molecule has 0 N–H and O–H groups in total. The summed E-state index contributed by atoms with van der Waals surface area (Å²) in [7, 11) is -4.09. The summed E-state index contributed by atoms with van der Waals surface area (Å²) in [6, 6.07) is 0. The van der Waals surface area contributed by atoms with Crippen LogP contribution in [0.5, 0.6) is 0 Å². The Morgan fingerprint density at radius 3 is 1.33 bits per heavy atom. The molecule has 0 bridgehead atoms. The highest BCUT2D eigenvalue weighted by Gasteiger charge is 2.35. The summed E-state index contributed by atoms with van der Waals surface area (Å²) in [6.45, 7) is 10.7. The number of carbonyl (C=O) groups is 2. The van der Waals surface area contributed by atoms with Crippen molar-refractivity contribution in [2.24, 2.45) is 0 Å². The lowest BCUT2D eigenvalue weighted by atomic mass is 10.8. The minimum absolute atomic E-state index is 0. The largest absolute Gasteiger partial charge is 0.467 e. The molecule has 0 spiro atoms. The van der Waals surface area contributed by atoms with E-state index >= 15 is 0 Å². The lowest BCUT2D eigenvalue weighted by molar-refractivity contribution is -0.140. The van der Waals surface area contributed by atoms with Crippen molar-refractivity contribution in [3.63, 3.8) is 0 Å². The van der Waals surface area contributed by atoms with Gasteiger partial charge in [0.2, 0.25) is 16.6 Å². The average Bonchev–Trinajstić information content (AvgIpc) is 2.10. The third kappa shape index (κ3) is 10.5. The Labute approximate surface area is 112 Å². The first kappa shape index (κ1) is 19.7. The monoisotopic (exact) mass is 294 g/mol. The molecule has 7 heteroatoms. The van der Waals surface area contributed by atoms with Crippen LogP contribution in [0.2, 0.25) is 26.2 Å². The van der Waals surface area contributed by atoms with Gasteiger partial charge in [-0.2, -0.15) is 0 Å². The van der Waals surface area contributed by atoms with Gasteiger partial charge < -0.3 is 13.6 Å². The van der Waals surface area contributed by atoms with E-state index in [-0.39, 0.29) is 19.4 Å². The molecule has 0 aliphatic rings. The van der Waals surface area contributed by atoms with Crippen LogP contribution in [0.1, 0.15) is 21.3 Å². The van der Waals surface area contributed by atoms with E-state index in [0.29, 0.717) is 12.5 Å². The van der Waals surface area contributed by atoms with Crippen molar-refractivity contribution >= 4 is 28.6 Å². The van der Waals surface area contributed by atoms with Gasteiger partial charge in [0, 0.05) is 13.8 Å². The van der Waals surface area contributed by atoms with Gasteiger partial charge in [-0.1, -0.05) is 7.43 Å². The summed E-state index contributed by atoms with van der Waals surface area (Å²) in [5.41, 5.74) is 0. The first-order chi connectivity index (χ1) is 7.54. The molecule has 0 aromatic heterocycles. The van der Waals surface area contributed by atoms with Crippen molar-refractivity contribution in [2.45, 2.75) is 47.5 Å². The second-order valence-corrected chi connectivity index (χ2v) is 13.6. The Morgan fingerprint density at radius 1 is 0.833 bits per heavy atom. The molecule has 0 saturated carbocycles. The van der Waals surface area contributed by atoms with Gasteiger partial charge in [0.15, 0.2) is 0 Å². The molecule has 18 heavy (non-hydrogen) atoms. The van der Waals surface area contributed by atoms with E-state index in [1.807, 2.05) is 26.2 Å². The standard InChI is InChI=1S/C10H22O5Si2.CH4/c1-9(11)13-7-16(3,4)15-17(5,6)8-14-10(2)12;/h7-8H2,1-6H3;1H4. The summed E-state index contributed by atoms with van der Waals surface area (Å²) in [6.07, 6.45) is 0.664. The third-order valence-electron chi connectivity index (χ3n) is 1.80. The third-order valence-corrected chi connectivity index (χ3v) is 7.90. The maximum Gasteiger partial charge on any atom is 0.302 e. The number of rotatable bonds is 6. The molecule has 0 atom stereocenters. The molecule has 0 radical (unpaired) electrons. The minimum Gasteiger partial charge on any atom is -0.467 e. The number of hydrogen-bond acceptors (Lipinski definition) is 5. The average molecular weight is 294 g/mol. The van der Waals surface area contributed by atoms with E-state index in [9.17, 15) is 9.59 Å². The Bertz CT molecular complexity index is 261. The van der Waals surface area contributed by atoms with Crippen LogP contribution in [0.3, 0.4) is 0 Å². The fourth-order valence-corrected chi connectivity index (χ4v) is 8.91. The van der Waals surface area contributed by atoms with Crippen LogP contribution in [0.25, 0.3) is 0 Å². The van der Waals surface area contributed by atoms with Gasteiger partial charge >= 0.3 is 11.9 Å². The number of ether oxygens (including phenoxy) is 2. The van der Waals surface area contributed by atoms with E-state index in [4.69, 9.17) is 13.6 Å². The molecule has 0 saturated heterocycles. The molecule has 0 rings (SSSR count). The van der Waals surface area contributed by atoms with Gasteiger partial charge in [-0.05, 0) is 26.2 Å². The van der Waals surface area contributed by atoms with Crippen LogP contribution in [0, 0.1) is 0 Å². The maximum absolute atomic E-state index is 10.8. The van der Waals surface area contributed by atoms with Gasteiger partial charge in [-0.25, -0.2) is 0 Å². The molecular formula is C11H26O5Si2. The fraction of sp³-hybridized carbons (Fsp3) is 0.818. The normalized spacial score (nSPS) is 11.4. The van der Waals surface area contributed by atoms with Crippen molar-refractivity contribution < 1.29 is 23.2 Å². The van der Waals surface area contributed by atoms with Crippen molar-refractivity contribution in [1.82, 2.24) is 0 Å². The fourth-order valence-electron chi connectivity index (χ4n) is 1.36. The Kier molecular flexibility index (Phi) is 8.41. The molecule has 0 unspecified atom stereocenters. The number of hydrogen-bond donors (Lipinski definition) is 0. The topological polar surface area (TPSA) is 61.8 Å². The van der Waals surface area contributed by atoms with Gasteiger partial charge in [0.25, 0.3) is 0 Å². The van der Waals surface area contributed by atoms with Crippen LogP contribution in [0.4, 0.5) is 0 Å². The maximum atomic E-state index is 10.8. The molecule has 5 nitrogen and oxygen atoms in total. The van der Waals surface area contributed by atoms with Gasteiger partial charge in [0.1, 0.15) is 12.5 Å². The van der Waals surface area contributed by atoms with E-state index in [1.165, 1.54) is 13.8 Å². The molecular weight excluding hydrogens is 268 g/mol. The Balaban J connectivity index is 0. The zero-order valence-electron chi connectivity index (χ0n) is 11.5. The molecule has 0 heterocycles. The first-order valence-corrected chi connectivity index (χ1v) is 11.7. The summed E-state index contributed by atoms with van der Waals surface area (Å²) in [5, 5.41) is 0. The summed E-state index contributed by atoms with van der Waals surface area (Å²) in [5.74, 6) is -0.595. The van der Waals surface area contributed by atoms with Crippen LogP contribution < -0.4 is 0 Å². The quantitative estimate of drug-likeness (QED) is 0.555. The molecule has 0 amide bonds. The second-order valence-electron chi connectivity index (χ2n) is 5.18. The molecule has 0 fully saturated rings. The summed E-state index contributed by atoms with van der Waals surface area (Å²) >= 11 is 0. The minimum atomic E-state index is -2.05. The molecule has 0 aromatic carbocycles. The van der Waals surface area contributed by atoms with E-state index in [0.717, 1.165) is 0 Å². The first-order valence-electron chi connectivity index (χ1n) is 5.51. The van der Waals surface area contributed by atoms with Crippen LogP contribution in [0.15, 0.2) is 0 Å². The van der Waals surface area contributed by atoms with Crippen LogP contribution in [-0.2, 0) is 23.2 Å². The second kappa shape index (κ2) is 7.70. The Hall–Kier alpha value is -0.666. The summed E-state index contributed by atoms with van der Waals surface area (Å²) in [4.78, 5) is 21.5. The highest BCUT2D eigenvalue weighted by molar-refractivity contribution is 6.84. The van der Waals surface area contributed by atoms with Crippen molar-refractivity contribution in [3.8, 4) is 0 Å². The molecule has 0 aromatic rings. The van der Waals surface area contributed by atoms with Crippen molar-refractivity contribution in [3.05, 3.63) is 0 Å². The lowest BCUT2D eigenvalue weighted by Gasteiger charge is -2.32. The van der Waals surface area contributed by atoms with Crippen LogP contribution >= 0.6 is 0 Å². The molecule has 0 aliphatic carbocycles. The highest BCUT2D eigenvalue weighted by Crippen LogP contribution is 2.15. The Morgan fingerprint density at radius 2 is 1.11 bits per heavy atom. The number of esters is 2. The molecule has 108 valence electrons. The van der Waals surface area contributed by atoms with Gasteiger partial charge in [0.05, 0.1) is 0 Å². The van der Waals surface area contributed by atoms with Crippen molar-refractivity contribution in [2.75, 3.05) is 12.5 Å². The van der Waals surface area contributed by atoms with Crippen LogP contribution in [-0.4, -0.2) is 41.0 Å². The summed E-state index contributed by atoms with van der Waals surface area (Å²) < 4.78 is 16.0. The lowest BCUT2D eigenvalue weighted by Crippen LogP contribution is -2.50. The predicted molar refractivity (Wildman–Crippen MR) is 76.0 cm³/mol.